The quantitative estimate of drug-likeness (QED) is 0.564. The van der Waals surface area contributed by atoms with E-state index in [9.17, 15) is 9.90 Å². The zero-order chi connectivity index (χ0) is 11.9. The van der Waals surface area contributed by atoms with Crippen molar-refractivity contribution >= 4 is 28.6 Å². The van der Waals surface area contributed by atoms with Gasteiger partial charge in [0, 0.05) is 0 Å². The van der Waals surface area contributed by atoms with E-state index in [0.717, 1.165) is 0 Å². The maximum Gasteiger partial charge on any atom is 0.338 e. The lowest BCUT2D eigenvalue weighted by atomic mass is 10.0. The van der Waals surface area contributed by atoms with Crippen molar-refractivity contribution in [2.24, 2.45) is 0 Å². The smallest absolute Gasteiger partial charge is 0.338 e. The summed E-state index contributed by atoms with van der Waals surface area (Å²) in [4.78, 5) is 11.3. The maximum atomic E-state index is 11.3. The largest absolute Gasteiger partial charge is 0.454 e. The Labute approximate surface area is 107 Å². The molecule has 0 aromatic carbocycles. The molecule has 90 valence electrons. The number of aliphatic hydroxyl groups excluding tert-OH is 1. The summed E-state index contributed by atoms with van der Waals surface area (Å²) >= 11 is 2.06. The van der Waals surface area contributed by atoms with Crippen LogP contribution in [0.2, 0.25) is 0 Å². The number of fused-ring (bicyclic) bond motifs is 1. The van der Waals surface area contributed by atoms with Crippen molar-refractivity contribution in [2.45, 2.75) is 44.1 Å². The first kappa shape index (κ1) is 12.3. The summed E-state index contributed by atoms with van der Waals surface area (Å²) in [7, 11) is 0. The Kier molecular flexibility index (Phi) is 3.26. The standard InChI is InChI=1S/C10H13IO5/c1-10(2)15-5(3-4-11)7-8(16-10)6(12)9(13)14-7/h3-8,12H,1-2H3/b4-3+. The zero-order valence-electron chi connectivity index (χ0n) is 8.92. The maximum absolute atomic E-state index is 11.3. The predicted molar refractivity (Wildman–Crippen MR) is 62.9 cm³/mol. The molecular weight excluding hydrogens is 327 g/mol. The first-order valence-corrected chi connectivity index (χ1v) is 6.20. The average Bonchev–Trinajstić information content (AvgIpc) is 2.44. The van der Waals surface area contributed by atoms with Crippen LogP contribution >= 0.6 is 22.6 Å². The van der Waals surface area contributed by atoms with Gasteiger partial charge in [-0.25, -0.2) is 4.79 Å². The molecule has 2 heterocycles. The molecule has 0 aromatic rings. The number of carbonyl (C=O) groups is 1. The van der Waals surface area contributed by atoms with Gasteiger partial charge in [-0.1, -0.05) is 22.6 Å². The summed E-state index contributed by atoms with van der Waals surface area (Å²) in [5.41, 5.74) is 0. The Morgan fingerprint density at radius 1 is 1.38 bits per heavy atom. The van der Waals surface area contributed by atoms with Crippen LogP contribution in [0.25, 0.3) is 0 Å². The minimum absolute atomic E-state index is 0.383. The Morgan fingerprint density at radius 2 is 2.06 bits per heavy atom. The van der Waals surface area contributed by atoms with Crippen molar-refractivity contribution in [3.8, 4) is 0 Å². The van der Waals surface area contributed by atoms with Crippen LogP contribution in [-0.2, 0) is 19.0 Å². The molecular formula is C10H13IO5. The van der Waals surface area contributed by atoms with Gasteiger partial charge in [0.15, 0.2) is 18.0 Å². The van der Waals surface area contributed by atoms with Gasteiger partial charge in [0.25, 0.3) is 0 Å². The monoisotopic (exact) mass is 340 g/mol. The molecule has 5 nitrogen and oxygen atoms in total. The minimum atomic E-state index is -1.22. The fraction of sp³-hybridized carbons (Fsp3) is 0.700. The van der Waals surface area contributed by atoms with Gasteiger partial charge in [-0.3, -0.25) is 0 Å². The highest BCUT2D eigenvalue weighted by Gasteiger charge is 2.54. The average molecular weight is 340 g/mol. The molecule has 0 amide bonds. The molecule has 16 heavy (non-hydrogen) atoms. The van der Waals surface area contributed by atoms with E-state index in [1.807, 2.05) is 0 Å². The SMILES string of the molecule is CC1(C)OC(/C=C/I)C2OC(=O)C(O)C2O1. The fourth-order valence-corrected chi connectivity index (χ4v) is 2.35. The highest BCUT2D eigenvalue weighted by molar-refractivity contribution is 14.1. The summed E-state index contributed by atoms with van der Waals surface area (Å²) in [6, 6.07) is 0. The first-order valence-electron chi connectivity index (χ1n) is 4.96. The second-order valence-electron chi connectivity index (χ2n) is 4.23. The first-order chi connectivity index (χ1) is 7.44. The molecule has 0 aromatic heterocycles. The predicted octanol–water partition coefficient (Wildman–Crippen LogP) is 0.741. The molecule has 2 fully saturated rings. The molecule has 0 aliphatic carbocycles. The fourth-order valence-electron chi connectivity index (χ4n) is 1.94. The topological polar surface area (TPSA) is 65.0 Å². The van der Waals surface area contributed by atoms with Crippen LogP contribution in [0.1, 0.15) is 13.8 Å². The lowest BCUT2D eigenvalue weighted by Gasteiger charge is -2.41. The Hall–Kier alpha value is -0.180. The summed E-state index contributed by atoms with van der Waals surface area (Å²) in [6.07, 6.45) is -1.05. The van der Waals surface area contributed by atoms with Crippen molar-refractivity contribution in [3.63, 3.8) is 0 Å². The van der Waals surface area contributed by atoms with Crippen molar-refractivity contribution in [1.29, 1.82) is 0 Å². The third kappa shape index (κ3) is 2.11. The lowest BCUT2D eigenvalue weighted by molar-refractivity contribution is -0.317. The van der Waals surface area contributed by atoms with Crippen LogP contribution in [-0.4, -0.2) is 41.3 Å². The Balaban J connectivity index is 2.25. The van der Waals surface area contributed by atoms with Gasteiger partial charge < -0.3 is 19.3 Å². The van der Waals surface area contributed by atoms with E-state index in [2.05, 4.69) is 22.6 Å². The van der Waals surface area contributed by atoms with Crippen LogP contribution in [0.15, 0.2) is 10.2 Å². The number of halogens is 1. The molecule has 2 aliphatic rings. The van der Waals surface area contributed by atoms with Crippen LogP contribution in [0, 0.1) is 0 Å². The second kappa shape index (κ2) is 4.25. The summed E-state index contributed by atoms with van der Waals surface area (Å²) in [6.45, 7) is 3.49. The number of rotatable bonds is 1. The van der Waals surface area contributed by atoms with Gasteiger partial charge in [-0.05, 0) is 24.0 Å². The van der Waals surface area contributed by atoms with Crippen LogP contribution in [0.5, 0.6) is 0 Å². The summed E-state index contributed by atoms with van der Waals surface area (Å²) in [5.74, 6) is -1.49. The van der Waals surface area contributed by atoms with Crippen molar-refractivity contribution in [1.82, 2.24) is 0 Å². The molecule has 2 saturated heterocycles. The lowest BCUT2D eigenvalue weighted by Crippen LogP contribution is -2.54. The van der Waals surface area contributed by atoms with E-state index >= 15 is 0 Å². The van der Waals surface area contributed by atoms with Gasteiger partial charge in [-0.2, -0.15) is 0 Å². The van der Waals surface area contributed by atoms with Crippen molar-refractivity contribution in [2.75, 3.05) is 0 Å². The highest BCUT2D eigenvalue weighted by atomic mass is 127. The summed E-state index contributed by atoms with van der Waals surface area (Å²) in [5, 5.41) is 9.63. The summed E-state index contributed by atoms with van der Waals surface area (Å²) < 4.78 is 18.0. The van der Waals surface area contributed by atoms with E-state index in [1.165, 1.54) is 0 Å². The van der Waals surface area contributed by atoms with Crippen LogP contribution < -0.4 is 0 Å². The van der Waals surface area contributed by atoms with Gasteiger partial charge in [0.1, 0.15) is 12.2 Å². The number of esters is 1. The van der Waals surface area contributed by atoms with Crippen LogP contribution in [0.4, 0.5) is 0 Å². The third-order valence-electron chi connectivity index (χ3n) is 2.55. The molecule has 0 radical (unpaired) electrons. The van der Waals surface area contributed by atoms with E-state index in [1.54, 1.807) is 24.0 Å². The zero-order valence-corrected chi connectivity index (χ0v) is 11.1. The normalized spacial score (nSPS) is 42.1. The Bertz CT molecular complexity index is 327. The van der Waals surface area contributed by atoms with Gasteiger partial charge in [0.05, 0.1) is 0 Å². The van der Waals surface area contributed by atoms with Crippen molar-refractivity contribution in [3.05, 3.63) is 10.2 Å². The van der Waals surface area contributed by atoms with E-state index < -0.39 is 30.1 Å². The van der Waals surface area contributed by atoms with E-state index in [-0.39, 0.29) is 6.10 Å². The van der Waals surface area contributed by atoms with Gasteiger partial charge >= 0.3 is 5.97 Å². The van der Waals surface area contributed by atoms with Crippen molar-refractivity contribution < 1.29 is 24.1 Å². The second-order valence-corrected chi connectivity index (χ2v) is 4.95. The number of carbonyl (C=O) groups excluding carboxylic acids is 1. The molecule has 1 N–H and O–H groups in total. The molecule has 0 spiro atoms. The Morgan fingerprint density at radius 3 is 2.69 bits per heavy atom. The van der Waals surface area contributed by atoms with Gasteiger partial charge in [-0.15, -0.1) is 0 Å². The molecule has 4 atom stereocenters. The number of hydrogen-bond acceptors (Lipinski definition) is 5. The molecule has 2 rings (SSSR count). The third-order valence-corrected chi connectivity index (χ3v) is 2.97. The van der Waals surface area contributed by atoms with Gasteiger partial charge in [0.2, 0.25) is 0 Å². The molecule has 6 heteroatoms. The van der Waals surface area contributed by atoms with E-state index in [4.69, 9.17) is 14.2 Å². The molecule has 0 bridgehead atoms. The minimum Gasteiger partial charge on any atom is -0.454 e. The molecule has 4 unspecified atom stereocenters. The highest BCUT2D eigenvalue weighted by Crippen LogP contribution is 2.35. The molecule has 2 aliphatic heterocycles. The van der Waals surface area contributed by atoms with E-state index in [0.29, 0.717) is 0 Å². The number of aliphatic hydroxyl groups is 1. The number of ether oxygens (including phenoxy) is 3. The van der Waals surface area contributed by atoms with Crippen LogP contribution in [0.3, 0.4) is 0 Å². The number of hydrogen-bond donors (Lipinski definition) is 1. The molecule has 0 saturated carbocycles.